The molecule has 0 heterocycles. The van der Waals surface area contributed by atoms with Gasteiger partial charge in [-0.15, -0.1) is 0 Å². The molecule has 0 saturated carbocycles. The van der Waals surface area contributed by atoms with E-state index in [0.29, 0.717) is 0 Å². The van der Waals surface area contributed by atoms with Crippen molar-refractivity contribution in [1.29, 1.82) is 0 Å². The Morgan fingerprint density at radius 3 is 0.875 bits per heavy atom. The minimum absolute atomic E-state index is 0.451. The monoisotopic (exact) mass is 255 g/mol. The molecule has 0 N–H and O–H groups in total. The van der Waals surface area contributed by atoms with Crippen molar-refractivity contribution in [3.8, 4) is 0 Å². The number of alkyl halides is 6. The first-order valence-electron chi connectivity index (χ1n) is 4.13. The summed E-state index contributed by atoms with van der Waals surface area (Å²) in [6.45, 7) is -0.451. The van der Waals surface area contributed by atoms with Crippen LogP contribution in [0.25, 0.3) is 0 Å². The average Bonchev–Trinajstić information content (AvgIpc) is 1.76. The topological polar surface area (TPSA) is 23.1 Å². The van der Waals surface area contributed by atoms with Crippen molar-refractivity contribution in [2.45, 2.75) is 24.9 Å². The van der Waals surface area contributed by atoms with E-state index in [9.17, 15) is 31.4 Å². The summed E-state index contributed by atoms with van der Waals surface area (Å²) in [6.07, 6.45) is -11.6. The second kappa shape index (κ2) is 4.79. The van der Waals surface area contributed by atoms with Gasteiger partial charge in [0, 0.05) is 0 Å². The Hall–Kier alpha value is -0.500. The van der Waals surface area contributed by atoms with Crippen LogP contribution in [0.4, 0.5) is 26.3 Å². The SMILES string of the molecule is CC([O-])(C(F)(F)F)C(F)(F)F.C[N+](C)(C)C. The first-order chi connectivity index (χ1) is 6.50. The summed E-state index contributed by atoms with van der Waals surface area (Å²) >= 11 is 0. The maximum Gasteiger partial charge on any atom is 0.388 e. The normalized spacial score (nSPS) is 14.2. The zero-order chi connectivity index (χ0) is 14.0. The Balaban J connectivity index is 0. The first kappa shape index (κ1) is 17.9. The lowest BCUT2D eigenvalue weighted by Crippen LogP contribution is -2.63. The molecule has 16 heavy (non-hydrogen) atoms. The molecule has 2 nitrogen and oxygen atoms in total. The van der Waals surface area contributed by atoms with Gasteiger partial charge in [-0.1, -0.05) is 6.92 Å². The van der Waals surface area contributed by atoms with Gasteiger partial charge in [-0.25, -0.2) is 0 Å². The van der Waals surface area contributed by atoms with E-state index >= 15 is 0 Å². The first-order valence-corrected chi connectivity index (χ1v) is 4.13. The fraction of sp³-hybridized carbons (Fsp3) is 1.00. The van der Waals surface area contributed by atoms with E-state index in [1.807, 2.05) is 0 Å². The van der Waals surface area contributed by atoms with Crippen LogP contribution in [0.1, 0.15) is 6.92 Å². The maximum atomic E-state index is 11.3. The van der Waals surface area contributed by atoms with Gasteiger partial charge >= 0.3 is 12.4 Å². The summed E-state index contributed by atoms with van der Waals surface area (Å²) in [5.74, 6) is 0. The largest absolute Gasteiger partial charge is 0.837 e. The van der Waals surface area contributed by atoms with Crippen molar-refractivity contribution >= 4 is 0 Å². The maximum absolute atomic E-state index is 11.3. The number of halogens is 6. The van der Waals surface area contributed by atoms with Crippen LogP contribution in [0.5, 0.6) is 0 Å². The highest BCUT2D eigenvalue weighted by Gasteiger charge is 2.58. The fourth-order valence-electron chi connectivity index (χ4n) is 0.161. The minimum atomic E-state index is -5.80. The Morgan fingerprint density at radius 2 is 0.875 bits per heavy atom. The predicted molar refractivity (Wildman–Crippen MR) is 44.5 cm³/mol. The van der Waals surface area contributed by atoms with Crippen molar-refractivity contribution in [3.63, 3.8) is 0 Å². The van der Waals surface area contributed by atoms with E-state index in [1.165, 1.54) is 0 Å². The second-order valence-corrected chi connectivity index (χ2v) is 4.71. The van der Waals surface area contributed by atoms with Gasteiger partial charge in [0.25, 0.3) is 0 Å². The van der Waals surface area contributed by atoms with E-state index in [1.54, 1.807) is 0 Å². The van der Waals surface area contributed by atoms with Crippen molar-refractivity contribution in [1.82, 2.24) is 0 Å². The number of nitrogens with zero attached hydrogens (tertiary/aromatic N) is 1. The number of rotatable bonds is 0. The molecule has 0 aromatic heterocycles. The summed E-state index contributed by atoms with van der Waals surface area (Å²) in [4.78, 5) is 0. The van der Waals surface area contributed by atoms with Crippen molar-refractivity contribution in [3.05, 3.63) is 0 Å². The summed E-state index contributed by atoms with van der Waals surface area (Å²) in [7, 11) is 8.50. The second-order valence-electron chi connectivity index (χ2n) is 4.71. The van der Waals surface area contributed by atoms with E-state index < -0.39 is 24.9 Å². The molecule has 0 spiro atoms. The Morgan fingerprint density at radius 1 is 0.750 bits per heavy atom. The molecule has 0 aromatic rings. The molecule has 0 unspecified atom stereocenters. The number of hydrogen-bond acceptors (Lipinski definition) is 1. The zero-order valence-electron chi connectivity index (χ0n) is 9.62. The third-order valence-corrected chi connectivity index (χ3v) is 1.08. The molecule has 0 saturated heterocycles. The number of quaternary nitrogens is 1. The molecule has 100 valence electrons. The van der Waals surface area contributed by atoms with E-state index in [0.717, 1.165) is 4.48 Å². The van der Waals surface area contributed by atoms with Crippen molar-refractivity contribution in [2.24, 2.45) is 0 Å². The van der Waals surface area contributed by atoms with Crippen LogP contribution in [-0.4, -0.2) is 50.6 Å². The molecule has 0 amide bonds. The molecule has 0 aliphatic carbocycles. The van der Waals surface area contributed by atoms with Gasteiger partial charge in [-0.2, -0.15) is 26.3 Å². The molecule has 0 fully saturated rings. The van der Waals surface area contributed by atoms with Crippen LogP contribution in [0, 0.1) is 0 Å². The highest BCUT2D eigenvalue weighted by atomic mass is 19.4. The van der Waals surface area contributed by atoms with Crippen LogP contribution in [0.3, 0.4) is 0 Å². The third-order valence-electron chi connectivity index (χ3n) is 1.08. The van der Waals surface area contributed by atoms with Gasteiger partial charge in [-0.05, 0) is 0 Å². The molecular formula is C8H15F6NO. The van der Waals surface area contributed by atoms with Crippen LogP contribution in [-0.2, 0) is 0 Å². The molecule has 0 rings (SSSR count). The smallest absolute Gasteiger partial charge is 0.388 e. The minimum Gasteiger partial charge on any atom is -0.837 e. The summed E-state index contributed by atoms with van der Waals surface area (Å²) in [5, 5.41) is 9.90. The lowest BCUT2D eigenvalue weighted by molar-refractivity contribution is -0.849. The molecule has 8 heteroatoms. The Labute approximate surface area is 90.1 Å². The van der Waals surface area contributed by atoms with Gasteiger partial charge in [0.1, 0.15) is 0 Å². The van der Waals surface area contributed by atoms with Crippen LogP contribution >= 0.6 is 0 Å². The van der Waals surface area contributed by atoms with Gasteiger partial charge in [-0.3, -0.25) is 0 Å². The van der Waals surface area contributed by atoms with Crippen molar-refractivity contribution in [2.75, 3.05) is 28.2 Å². The van der Waals surface area contributed by atoms with E-state index in [4.69, 9.17) is 0 Å². The summed E-state index contributed by atoms with van der Waals surface area (Å²) < 4.78 is 68.8. The number of hydrogen-bond donors (Lipinski definition) is 0. The van der Waals surface area contributed by atoms with E-state index in [-0.39, 0.29) is 0 Å². The molecule has 0 aromatic carbocycles. The van der Waals surface area contributed by atoms with Gasteiger partial charge in [0.05, 0.1) is 33.8 Å². The van der Waals surface area contributed by atoms with Gasteiger partial charge in [0.2, 0.25) is 0 Å². The van der Waals surface area contributed by atoms with Crippen molar-refractivity contribution < 1.29 is 35.9 Å². The molecule has 0 radical (unpaired) electrons. The molecular weight excluding hydrogens is 240 g/mol. The molecule has 0 bridgehead atoms. The van der Waals surface area contributed by atoms with Crippen LogP contribution in [0.15, 0.2) is 0 Å². The van der Waals surface area contributed by atoms with Gasteiger partial charge < -0.3 is 9.59 Å². The third kappa shape index (κ3) is 6.89. The van der Waals surface area contributed by atoms with Gasteiger partial charge in [0.15, 0.2) is 0 Å². The standard InChI is InChI=1S/C4H3F6O.C4H12N/c1-2(11,3(5,6)7)4(8,9)10;1-5(2,3)4/h1H3;1-4H3/q-1;+1. The quantitative estimate of drug-likeness (QED) is 0.476. The average molecular weight is 255 g/mol. The zero-order valence-corrected chi connectivity index (χ0v) is 9.62. The Kier molecular flexibility index (Phi) is 5.35. The van der Waals surface area contributed by atoms with Crippen LogP contribution in [0.2, 0.25) is 0 Å². The lowest BCUT2D eigenvalue weighted by Gasteiger charge is -2.39. The molecule has 0 aliphatic rings. The van der Waals surface area contributed by atoms with E-state index in [2.05, 4.69) is 28.2 Å². The summed E-state index contributed by atoms with van der Waals surface area (Å²) in [5.41, 5.74) is -4.88. The lowest BCUT2D eigenvalue weighted by atomic mass is 10.1. The Bertz CT molecular complexity index is 190. The molecule has 0 atom stereocenters. The molecule has 0 aliphatic heterocycles. The van der Waals surface area contributed by atoms with Crippen LogP contribution < -0.4 is 5.11 Å². The highest BCUT2D eigenvalue weighted by molar-refractivity contribution is 4.87. The fourth-order valence-corrected chi connectivity index (χ4v) is 0.161. The highest BCUT2D eigenvalue weighted by Crippen LogP contribution is 2.40. The summed E-state index contributed by atoms with van der Waals surface area (Å²) in [6, 6.07) is 0. The predicted octanol–water partition coefficient (Wildman–Crippen LogP) is 1.55.